The number of likely N-dealkylation sites (N-methyl/N-ethyl adjacent to an activating group) is 1. The van der Waals surface area contributed by atoms with Crippen LogP contribution in [0.4, 0.5) is 0 Å². The number of nitrogens with one attached hydrogen (secondary N) is 1. The molecular weight excluding hydrogens is 152 g/mol. The van der Waals surface area contributed by atoms with E-state index < -0.39 is 0 Å². The molecule has 2 unspecified atom stereocenters. The average Bonchev–Trinajstić information content (AvgIpc) is 2.32. The molecule has 0 aromatic rings. The quantitative estimate of drug-likeness (QED) is 0.570. The Labute approximate surface area is 74.1 Å². The van der Waals surface area contributed by atoms with E-state index >= 15 is 0 Å². The van der Waals surface area contributed by atoms with Crippen molar-refractivity contribution in [1.29, 1.82) is 0 Å². The normalized spacial score (nSPS) is 44.0. The molecule has 2 atom stereocenters. The first-order valence-electron chi connectivity index (χ1n) is 4.80. The van der Waals surface area contributed by atoms with Crippen LogP contribution in [0.2, 0.25) is 0 Å². The van der Waals surface area contributed by atoms with E-state index in [1.54, 1.807) is 0 Å². The Balaban J connectivity index is 2.00. The molecule has 3 nitrogen and oxygen atoms in total. The van der Waals surface area contributed by atoms with Crippen molar-refractivity contribution in [3.63, 3.8) is 0 Å². The van der Waals surface area contributed by atoms with Crippen molar-refractivity contribution in [3.8, 4) is 0 Å². The molecule has 3 heteroatoms. The zero-order chi connectivity index (χ0) is 8.60. The number of likely N-dealkylation sites (tertiary alicyclic amines) is 1. The minimum absolute atomic E-state index is 0.00752. The predicted molar refractivity (Wildman–Crippen MR) is 48.0 cm³/mol. The molecule has 2 heterocycles. The summed E-state index contributed by atoms with van der Waals surface area (Å²) >= 11 is 0. The Hall–Kier alpha value is -0.120. The van der Waals surface area contributed by atoms with Crippen LogP contribution in [-0.2, 0) is 4.74 Å². The number of ether oxygens (including phenoxy) is 1. The van der Waals surface area contributed by atoms with E-state index in [9.17, 15) is 0 Å². The van der Waals surface area contributed by atoms with Gasteiger partial charge in [-0.05, 0) is 20.4 Å². The van der Waals surface area contributed by atoms with Crippen LogP contribution in [-0.4, -0.2) is 43.4 Å². The Morgan fingerprint density at radius 1 is 1.58 bits per heavy atom. The topological polar surface area (TPSA) is 24.5 Å². The van der Waals surface area contributed by atoms with Crippen LogP contribution in [0.3, 0.4) is 0 Å². The summed E-state index contributed by atoms with van der Waals surface area (Å²) in [5.41, 5.74) is -0.00752. The molecule has 0 saturated carbocycles. The summed E-state index contributed by atoms with van der Waals surface area (Å²) in [7, 11) is 2.15. The largest absolute Gasteiger partial charge is 0.359 e. The minimum atomic E-state index is -0.00752. The number of rotatable bonds is 0. The zero-order valence-electron chi connectivity index (χ0n) is 7.97. The summed E-state index contributed by atoms with van der Waals surface area (Å²) in [5, 5.41) is 3.56. The maximum absolute atomic E-state index is 5.81. The van der Waals surface area contributed by atoms with Crippen LogP contribution >= 0.6 is 0 Å². The van der Waals surface area contributed by atoms with Crippen molar-refractivity contribution in [3.05, 3.63) is 0 Å². The monoisotopic (exact) mass is 170 g/mol. The Kier molecular flexibility index (Phi) is 2.10. The maximum atomic E-state index is 5.81. The van der Waals surface area contributed by atoms with E-state index in [1.165, 1.54) is 0 Å². The first-order valence-corrected chi connectivity index (χ1v) is 4.80. The second-order valence-electron chi connectivity index (χ2n) is 4.16. The van der Waals surface area contributed by atoms with E-state index in [0.29, 0.717) is 6.04 Å². The molecule has 70 valence electrons. The van der Waals surface area contributed by atoms with Gasteiger partial charge < -0.3 is 9.64 Å². The number of hydrogen-bond donors (Lipinski definition) is 1. The van der Waals surface area contributed by atoms with Gasteiger partial charge in [-0.15, -0.1) is 0 Å². The first kappa shape index (κ1) is 8.48. The molecule has 2 fully saturated rings. The van der Waals surface area contributed by atoms with Crippen LogP contribution in [0.15, 0.2) is 0 Å². The molecule has 0 amide bonds. The number of nitrogens with zero attached hydrogens (tertiary/aromatic N) is 1. The molecule has 0 radical (unpaired) electrons. The van der Waals surface area contributed by atoms with Crippen molar-refractivity contribution >= 4 is 0 Å². The summed E-state index contributed by atoms with van der Waals surface area (Å²) in [6.07, 6.45) is 2.28. The van der Waals surface area contributed by atoms with Gasteiger partial charge in [-0.2, -0.15) is 0 Å². The van der Waals surface area contributed by atoms with Gasteiger partial charge in [0.05, 0.1) is 6.61 Å². The fourth-order valence-corrected chi connectivity index (χ4v) is 2.20. The molecular formula is C9H18N2O. The highest BCUT2D eigenvalue weighted by Crippen LogP contribution is 2.25. The third-order valence-electron chi connectivity index (χ3n) is 2.86. The molecule has 2 aliphatic rings. The second kappa shape index (κ2) is 2.98. The highest BCUT2D eigenvalue weighted by molar-refractivity contribution is 4.92. The van der Waals surface area contributed by atoms with Crippen molar-refractivity contribution in [2.24, 2.45) is 0 Å². The van der Waals surface area contributed by atoms with Crippen LogP contribution in [0, 0.1) is 0 Å². The Morgan fingerprint density at radius 3 is 3.00 bits per heavy atom. The lowest BCUT2D eigenvalue weighted by molar-refractivity contribution is -0.0982. The summed E-state index contributed by atoms with van der Waals surface area (Å²) in [6.45, 7) is 5.35. The second-order valence-corrected chi connectivity index (χ2v) is 4.16. The van der Waals surface area contributed by atoms with Crippen LogP contribution in [0.5, 0.6) is 0 Å². The predicted octanol–water partition coefficient (Wildman–Crippen LogP) is 0.417. The molecule has 0 aliphatic carbocycles. The van der Waals surface area contributed by atoms with E-state index in [4.69, 9.17) is 4.74 Å². The van der Waals surface area contributed by atoms with Gasteiger partial charge in [0, 0.05) is 25.6 Å². The van der Waals surface area contributed by atoms with Crippen molar-refractivity contribution in [1.82, 2.24) is 10.2 Å². The van der Waals surface area contributed by atoms with Crippen molar-refractivity contribution < 1.29 is 4.74 Å². The molecule has 0 aromatic heterocycles. The summed E-state index contributed by atoms with van der Waals surface area (Å²) < 4.78 is 5.81. The van der Waals surface area contributed by atoms with Gasteiger partial charge in [0.2, 0.25) is 0 Å². The third kappa shape index (κ3) is 1.49. The standard InChI is InChI=1S/C9H18N2O/c1-8-3-6-12-9(10-8)4-5-11(2)7-9/h8,10H,3-7H2,1-2H3. The van der Waals surface area contributed by atoms with Crippen LogP contribution < -0.4 is 5.32 Å². The first-order chi connectivity index (χ1) is 5.70. The smallest absolute Gasteiger partial charge is 0.133 e. The minimum Gasteiger partial charge on any atom is -0.359 e. The average molecular weight is 170 g/mol. The lowest BCUT2D eigenvalue weighted by Crippen LogP contribution is -2.57. The SMILES string of the molecule is CC1CCOC2(CCN(C)C2)N1. The summed E-state index contributed by atoms with van der Waals surface area (Å²) in [6, 6.07) is 0.616. The fourth-order valence-electron chi connectivity index (χ4n) is 2.20. The molecule has 1 spiro atoms. The van der Waals surface area contributed by atoms with Gasteiger partial charge in [0.1, 0.15) is 5.72 Å². The Morgan fingerprint density at radius 2 is 2.42 bits per heavy atom. The highest BCUT2D eigenvalue weighted by atomic mass is 16.5. The molecule has 1 N–H and O–H groups in total. The molecule has 0 bridgehead atoms. The molecule has 12 heavy (non-hydrogen) atoms. The highest BCUT2D eigenvalue weighted by Gasteiger charge is 2.40. The van der Waals surface area contributed by atoms with E-state index in [1.807, 2.05) is 0 Å². The molecule has 2 rings (SSSR count). The van der Waals surface area contributed by atoms with Gasteiger partial charge in [0.15, 0.2) is 0 Å². The lowest BCUT2D eigenvalue weighted by Gasteiger charge is -2.38. The van der Waals surface area contributed by atoms with Gasteiger partial charge in [-0.25, -0.2) is 0 Å². The van der Waals surface area contributed by atoms with E-state index in [2.05, 4.69) is 24.2 Å². The third-order valence-corrected chi connectivity index (χ3v) is 2.86. The zero-order valence-corrected chi connectivity index (χ0v) is 7.97. The number of hydrogen-bond acceptors (Lipinski definition) is 3. The maximum Gasteiger partial charge on any atom is 0.133 e. The molecule has 2 saturated heterocycles. The van der Waals surface area contributed by atoms with Gasteiger partial charge in [-0.1, -0.05) is 0 Å². The van der Waals surface area contributed by atoms with Gasteiger partial charge >= 0.3 is 0 Å². The summed E-state index contributed by atoms with van der Waals surface area (Å²) in [5.74, 6) is 0. The van der Waals surface area contributed by atoms with Gasteiger partial charge in [0.25, 0.3) is 0 Å². The fraction of sp³-hybridized carbons (Fsp3) is 1.00. The van der Waals surface area contributed by atoms with E-state index in [-0.39, 0.29) is 5.72 Å². The Bertz CT molecular complexity index is 170. The molecule has 2 aliphatic heterocycles. The lowest BCUT2D eigenvalue weighted by atomic mass is 10.1. The van der Waals surface area contributed by atoms with E-state index in [0.717, 1.165) is 32.5 Å². The molecule has 0 aromatic carbocycles. The van der Waals surface area contributed by atoms with Crippen molar-refractivity contribution in [2.45, 2.75) is 31.5 Å². The van der Waals surface area contributed by atoms with Crippen LogP contribution in [0.25, 0.3) is 0 Å². The van der Waals surface area contributed by atoms with Crippen molar-refractivity contribution in [2.75, 3.05) is 26.7 Å². The van der Waals surface area contributed by atoms with Crippen LogP contribution in [0.1, 0.15) is 19.8 Å². The van der Waals surface area contributed by atoms with Gasteiger partial charge in [-0.3, -0.25) is 5.32 Å². The summed E-state index contributed by atoms with van der Waals surface area (Å²) in [4.78, 5) is 2.32.